The fourth-order valence-electron chi connectivity index (χ4n) is 1.73. The second kappa shape index (κ2) is 6.33. The van der Waals surface area contributed by atoms with E-state index in [0.29, 0.717) is 24.4 Å². The van der Waals surface area contributed by atoms with E-state index in [4.69, 9.17) is 9.26 Å². The van der Waals surface area contributed by atoms with Crippen LogP contribution in [0.4, 0.5) is 0 Å². The Morgan fingerprint density at radius 2 is 2.05 bits per heavy atom. The lowest BCUT2D eigenvalue weighted by molar-refractivity contribution is 0.285. The summed E-state index contributed by atoms with van der Waals surface area (Å²) < 4.78 is 10.5. The van der Waals surface area contributed by atoms with E-state index < -0.39 is 0 Å². The molecule has 0 radical (unpaired) electrons. The monoisotopic (exact) mass is 261 g/mol. The van der Waals surface area contributed by atoms with E-state index >= 15 is 0 Å². The van der Waals surface area contributed by atoms with Crippen LogP contribution in [0.25, 0.3) is 0 Å². The highest BCUT2D eigenvalue weighted by Gasteiger charge is 2.04. The van der Waals surface area contributed by atoms with Crippen LogP contribution in [0.15, 0.2) is 28.8 Å². The summed E-state index contributed by atoms with van der Waals surface area (Å²) in [6, 6.07) is 8.54. The van der Waals surface area contributed by atoms with Gasteiger partial charge in [0, 0.05) is 13.0 Å². The molecule has 1 aromatic heterocycles. The van der Waals surface area contributed by atoms with Gasteiger partial charge in [0.1, 0.15) is 5.75 Å². The second-order valence-electron chi connectivity index (χ2n) is 4.56. The average Bonchev–Trinajstić information content (AvgIpc) is 2.83. The molecule has 0 fully saturated rings. The lowest BCUT2D eigenvalue weighted by Gasteiger charge is -2.10. The molecular weight excluding hydrogens is 242 g/mol. The van der Waals surface area contributed by atoms with Crippen LogP contribution < -0.4 is 10.1 Å². The molecule has 0 aliphatic carbocycles. The largest absolute Gasteiger partial charge is 0.485 e. The maximum atomic E-state index is 5.59. The molecule has 5 heteroatoms. The highest BCUT2D eigenvalue weighted by molar-refractivity contribution is 5.27. The lowest BCUT2D eigenvalue weighted by Crippen LogP contribution is -2.23. The smallest absolute Gasteiger partial charge is 0.223 e. The molecule has 0 amide bonds. The molecule has 1 unspecified atom stereocenters. The molecule has 2 aromatic rings. The molecule has 1 atom stereocenters. The highest BCUT2D eigenvalue weighted by atomic mass is 16.5. The van der Waals surface area contributed by atoms with E-state index in [1.165, 1.54) is 5.56 Å². The Bertz CT molecular complexity index is 508. The SMILES string of the molecule is CNC(C)Cc1ccc(OCc2noc(C)n2)cc1. The van der Waals surface area contributed by atoms with E-state index in [-0.39, 0.29) is 0 Å². The van der Waals surface area contributed by atoms with E-state index in [1.54, 1.807) is 6.92 Å². The van der Waals surface area contributed by atoms with Gasteiger partial charge in [0.25, 0.3) is 0 Å². The number of nitrogens with zero attached hydrogens (tertiary/aromatic N) is 2. The number of aromatic nitrogens is 2. The second-order valence-corrected chi connectivity index (χ2v) is 4.56. The zero-order chi connectivity index (χ0) is 13.7. The van der Waals surface area contributed by atoms with Gasteiger partial charge in [-0.2, -0.15) is 4.98 Å². The van der Waals surface area contributed by atoms with Crippen molar-refractivity contribution in [3.8, 4) is 5.75 Å². The molecule has 0 saturated carbocycles. The van der Waals surface area contributed by atoms with Crippen LogP contribution >= 0.6 is 0 Å². The van der Waals surface area contributed by atoms with Crippen molar-refractivity contribution in [2.45, 2.75) is 32.9 Å². The van der Waals surface area contributed by atoms with Crippen LogP contribution in [0.5, 0.6) is 5.75 Å². The van der Waals surface area contributed by atoms with Crippen LogP contribution in [-0.4, -0.2) is 23.2 Å². The molecule has 0 aliphatic heterocycles. The van der Waals surface area contributed by atoms with E-state index in [2.05, 4.69) is 34.5 Å². The van der Waals surface area contributed by atoms with Gasteiger partial charge in [-0.1, -0.05) is 17.3 Å². The summed E-state index contributed by atoms with van der Waals surface area (Å²) in [6.45, 7) is 4.24. The van der Waals surface area contributed by atoms with Crippen molar-refractivity contribution in [3.63, 3.8) is 0 Å². The predicted molar refractivity (Wildman–Crippen MR) is 72.0 cm³/mol. The average molecular weight is 261 g/mol. The Kier molecular flexibility index (Phi) is 4.52. The zero-order valence-corrected chi connectivity index (χ0v) is 11.5. The number of aryl methyl sites for hydroxylation is 1. The summed E-state index contributed by atoms with van der Waals surface area (Å²) in [5, 5.41) is 7.00. The Hall–Kier alpha value is -1.88. The quantitative estimate of drug-likeness (QED) is 0.863. The molecule has 0 aliphatic rings. The standard InChI is InChI=1S/C14H19N3O2/c1-10(15-3)8-12-4-6-13(7-5-12)18-9-14-16-11(2)19-17-14/h4-7,10,15H,8-9H2,1-3H3. The zero-order valence-electron chi connectivity index (χ0n) is 11.5. The van der Waals surface area contributed by atoms with Gasteiger partial charge in [0.2, 0.25) is 11.7 Å². The van der Waals surface area contributed by atoms with Crippen molar-refractivity contribution in [1.82, 2.24) is 15.5 Å². The number of hydrogen-bond donors (Lipinski definition) is 1. The number of benzene rings is 1. The first-order valence-electron chi connectivity index (χ1n) is 6.35. The maximum absolute atomic E-state index is 5.59. The fourth-order valence-corrected chi connectivity index (χ4v) is 1.73. The Morgan fingerprint density at radius 1 is 1.32 bits per heavy atom. The Labute approximate surface area is 113 Å². The molecule has 0 spiro atoms. The normalized spacial score (nSPS) is 12.4. The van der Waals surface area contributed by atoms with Crippen molar-refractivity contribution in [3.05, 3.63) is 41.5 Å². The van der Waals surface area contributed by atoms with Crippen LogP contribution in [0.2, 0.25) is 0 Å². The third-order valence-electron chi connectivity index (χ3n) is 2.90. The van der Waals surface area contributed by atoms with Crippen molar-refractivity contribution in [1.29, 1.82) is 0 Å². The van der Waals surface area contributed by atoms with Gasteiger partial charge in [-0.3, -0.25) is 0 Å². The van der Waals surface area contributed by atoms with Crippen LogP contribution in [0.1, 0.15) is 24.2 Å². The summed E-state index contributed by atoms with van der Waals surface area (Å²) in [5.74, 6) is 1.92. The molecule has 1 aromatic carbocycles. The molecule has 19 heavy (non-hydrogen) atoms. The lowest BCUT2D eigenvalue weighted by atomic mass is 10.1. The summed E-state index contributed by atoms with van der Waals surface area (Å²) in [7, 11) is 1.97. The summed E-state index contributed by atoms with van der Waals surface area (Å²) >= 11 is 0. The molecule has 1 N–H and O–H groups in total. The van der Waals surface area contributed by atoms with Crippen LogP contribution in [-0.2, 0) is 13.0 Å². The molecule has 0 saturated heterocycles. The number of hydrogen-bond acceptors (Lipinski definition) is 5. The number of ether oxygens (including phenoxy) is 1. The van der Waals surface area contributed by atoms with Gasteiger partial charge in [0.05, 0.1) is 0 Å². The van der Waals surface area contributed by atoms with Gasteiger partial charge in [-0.05, 0) is 38.1 Å². The van der Waals surface area contributed by atoms with Gasteiger partial charge in [-0.25, -0.2) is 0 Å². The number of likely N-dealkylation sites (N-methyl/N-ethyl adjacent to an activating group) is 1. The van der Waals surface area contributed by atoms with Crippen molar-refractivity contribution in [2.24, 2.45) is 0 Å². The van der Waals surface area contributed by atoms with Gasteiger partial charge < -0.3 is 14.6 Å². The Morgan fingerprint density at radius 3 is 2.63 bits per heavy atom. The summed E-state index contributed by atoms with van der Waals surface area (Å²) in [4.78, 5) is 4.08. The van der Waals surface area contributed by atoms with Crippen LogP contribution in [0, 0.1) is 6.92 Å². The van der Waals surface area contributed by atoms with Crippen molar-refractivity contribution >= 4 is 0 Å². The summed E-state index contributed by atoms with van der Waals surface area (Å²) in [6.07, 6.45) is 1.00. The third-order valence-corrected chi connectivity index (χ3v) is 2.90. The molecule has 1 heterocycles. The first-order chi connectivity index (χ1) is 9.17. The van der Waals surface area contributed by atoms with Gasteiger partial charge >= 0.3 is 0 Å². The molecule has 0 bridgehead atoms. The minimum atomic E-state index is 0.323. The topological polar surface area (TPSA) is 60.2 Å². The van der Waals surface area contributed by atoms with Crippen molar-refractivity contribution < 1.29 is 9.26 Å². The van der Waals surface area contributed by atoms with Crippen LogP contribution in [0.3, 0.4) is 0 Å². The first kappa shape index (κ1) is 13.5. The minimum Gasteiger partial charge on any atom is -0.485 e. The van der Waals surface area contributed by atoms with E-state index in [1.807, 2.05) is 19.2 Å². The fraction of sp³-hybridized carbons (Fsp3) is 0.429. The number of rotatable bonds is 6. The highest BCUT2D eigenvalue weighted by Crippen LogP contribution is 2.14. The van der Waals surface area contributed by atoms with Gasteiger partial charge in [0.15, 0.2) is 6.61 Å². The Balaban J connectivity index is 1.88. The van der Waals surface area contributed by atoms with Gasteiger partial charge in [-0.15, -0.1) is 0 Å². The first-order valence-corrected chi connectivity index (χ1v) is 6.35. The third kappa shape index (κ3) is 4.06. The maximum Gasteiger partial charge on any atom is 0.223 e. The van der Waals surface area contributed by atoms with Crippen molar-refractivity contribution in [2.75, 3.05) is 7.05 Å². The molecular formula is C14H19N3O2. The van der Waals surface area contributed by atoms with E-state index in [9.17, 15) is 0 Å². The predicted octanol–water partition coefficient (Wildman–Crippen LogP) is 2.11. The molecule has 102 valence electrons. The molecule has 2 rings (SSSR count). The molecule has 5 nitrogen and oxygen atoms in total. The van der Waals surface area contributed by atoms with E-state index in [0.717, 1.165) is 12.2 Å². The summed E-state index contributed by atoms with van der Waals surface area (Å²) in [5.41, 5.74) is 1.28. The number of nitrogens with one attached hydrogen (secondary N) is 1. The minimum absolute atomic E-state index is 0.323.